The summed E-state index contributed by atoms with van der Waals surface area (Å²) in [6.07, 6.45) is 2.10. The van der Waals surface area contributed by atoms with Gasteiger partial charge in [-0.25, -0.2) is 4.79 Å². The SMILES string of the molecule is CCOc1ccccc1N(CCNC(=O)NC1CC1)C(C)=O. The van der Waals surface area contributed by atoms with Gasteiger partial charge < -0.3 is 20.3 Å². The Morgan fingerprint density at radius 3 is 2.68 bits per heavy atom. The van der Waals surface area contributed by atoms with E-state index in [9.17, 15) is 9.59 Å². The molecule has 2 N–H and O–H groups in total. The van der Waals surface area contributed by atoms with Gasteiger partial charge in [0, 0.05) is 26.1 Å². The topological polar surface area (TPSA) is 70.7 Å². The quantitative estimate of drug-likeness (QED) is 0.808. The Morgan fingerprint density at radius 2 is 2.05 bits per heavy atom. The van der Waals surface area contributed by atoms with Crippen LogP contribution in [0, 0.1) is 0 Å². The molecule has 1 aliphatic carbocycles. The van der Waals surface area contributed by atoms with Crippen molar-refractivity contribution < 1.29 is 14.3 Å². The van der Waals surface area contributed by atoms with Gasteiger partial charge in [0.25, 0.3) is 0 Å². The van der Waals surface area contributed by atoms with E-state index in [2.05, 4.69) is 10.6 Å². The average Bonchev–Trinajstić information content (AvgIpc) is 3.28. The van der Waals surface area contributed by atoms with E-state index < -0.39 is 0 Å². The van der Waals surface area contributed by atoms with Crippen molar-refractivity contribution >= 4 is 17.6 Å². The van der Waals surface area contributed by atoms with Crippen LogP contribution < -0.4 is 20.3 Å². The Hall–Kier alpha value is -2.24. The number of hydrogen-bond donors (Lipinski definition) is 2. The summed E-state index contributed by atoms with van der Waals surface area (Å²) in [5, 5.41) is 5.63. The normalized spacial score (nSPS) is 13.4. The van der Waals surface area contributed by atoms with E-state index in [4.69, 9.17) is 4.74 Å². The number of para-hydroxylation sites is 2. The largest absolute Gasteiger partial charge is 0.492 e. The Bertz CT molecular complexity index is 529. The highest BCUT2D eigenvalue weighted by atomic mass is 16.5. The molecule has 0 bridgehead atoms. The zero-order chi connectivity index (χ0) is 15.9. The fourth-order valence-electron chi connectivity index (χ4n) is 2.15. The molecule has 1 aromatic carbocycles. The summed E-state index contributed by atoms with van der Waals surface area (Å²) >= 11 is 0. The average molecular weight is 305 g/mol. The lowest BCUT2D eigenvalue weighted by Crippen LogP contribution is -2.42. The predicted octanol–water partition coefficient (Wildman–Crippen LogP) is 1.90. The number of rotatable bonds is 7. The highest BCUT2D eigenvalue weighted by Crippen LogP contribution is 2.27. The van der Waals surface area contributed by atoms with Gasteiger partial charge in [-0.15, -0.1) is 0 Å². The first-order valence-corrected chi connectivity index (χ1v) is 7.66. The number of carbonyl (C=O) groups is 2. The molecule has 1 saturated carbocycles. The Kier molecular flexibility index (Phi) is 5.63. The minimum absolute atomic E-state index is 0.0865. The number of nitrogens with zero attached hydrogens (tertiary/aromatic N) is 1. The Morgan fingerprint density at radius 1 is 1.32 bits per heavy atom. The van der Waals surface area contributed by atoms with Crippen LogP contribution in [0.1, 0.15) is 26.7 Å². The van der Waals surface area contributed by atoms with Crippen molar-refractivity contribution in [2.75, 3.05) is 24.6 Å². The van der Waals surface area contributed by atoms with Crippen LogP contribution in [0.15, 0.2) is 24.3 Å². The summed E-state index contributed by atoms with van der Waals surface area (Å²) in [5.41, 5.74) is 0.723. The van der Waals surface area contributed by atoms with Crippen molar-refractivity contribution in [3.8, 4) is 5.75 Å². The number of ether oxygens (including phenoxy) is 1. The smallest absolute Gasteiger partial charge is 0.315 e. The van der Waals surface area contributed by atoms with Crippen LogP contribution in [0.3, 0.4) is 0 Å². The zero-order valence-corrected chi connectivity index (χ0v) is 13.1. The lowest BCUT2D eigenvalue weighted by molar-refractivity contribution is -0.116. The second-order valence-electron chi connectivity index (χ2n) is 5.25. The van der Waals surface area contributed by atoms with Crippen molar-refractivity contribution in [3.05, 3.63) is 24.3 Å². The molecule has 0 aromatic heterocycles. The molecule has 6 heteroatoms. The lowest BCUT2D eigenvalue weighted by Gasteiger charge is -2.23. The summed E-state index contributed by atoms with van der Waals surface area (Å²) < 4.78 is 5.56. The monoisotopic (exact) mass is 305 g/mol. The third kappa shape index (κ3) is 4.65. The highest BCUT2D eigenvalue weighted by Gasteiger charge is 2.23. The van der Waals surface area contributed by atoms with Crippen LogP contribution in [0.25, 0.3) is 0 Å². The van der Waals surface area contributed by atoms with Crippen molar-refractivity contribution in [1.29, 1.82) is 0 Å². The van der Waals surface area contributed by atoms with Crippen molar-refractivity contribution in [3.63, 3.8) is 0 Å². The van der Waals surface area contributed by atoms with E-state index in [1.54, 1.807) is 4.90 Å². The van der Waals surface area contributed by atoms with Gasteiger partial charge in [-0.1, -0.05) is 12.1 Å². The summed E-state index contributed by atoms with van der Waals surface area (Å²) in [6, 6.07) is 7.56. The fraction of sp³-hybridized carbons (Fsp3) is 0.500. The molecule has 0 spiro atoms. The minimum atomic E-state index is -0.177. The molecule has 2 rings (SSSR count). The van der Waals surface area contributed by atoms with Gasteiger partial charge in [0.1, 0.15) is 5.75 Å². The van der Waals surface area contributed by atoms with Crippen LogP contribution in [-0.2, 0) is 4.79 Å². The maximum Gasteiger partial charge on any atom is 0.315 e. The predicted molar refractivity (Wildman–Crippen MR) is 85.2 cm³/mol. The summed E-state index contributed by atoms with van der Waals surface area (Å²) in [4.78, 5) is 25.1. The number of nitrogens with one attached hydrogen (secondary N) is 2. The number of hydrogen-bond acceptors (Lipinski definition) is 3. The van der Waals surface area contributed by atoms with E-state index in [-0.39, 0.29) is 11.9 Å². The first-order chi connectivity index (χ1) is 10.6. The van der Waals surface area contributed by atoms with Gasteiger partial charge in [0.2, 0.25) is 5.91 Å². The minimum Gasteiger partial charge on any atom is -0.492 e. The molecule has 1 aliphatic rings. The number of carbonyl (C=O) groups excluding carboxylic acids is 2. The van der Waals surface area contributed by atoms with E-state index in [0.29, 0.717) is 31.5 Å². The van der Waals surface area contributed by atoms with Gasteiger partial charge in [0.05, 0.1) is 12.3 Å². The molecular formula is C16H23N3O3. The molecule has 1 aromatic rings. The standard InChI is InChI=1S/C16H23N3O3/c1-3-22-15-7-5-4-6-14(15)19(12(2)20)11-10-17-16(21)18-13-8-9-13/h4-7,13H,3,8-11H2,1-2H3,(H2,17,18,21). The first-order valence-electron chi connectivity index (χ1n) is 7.66. The van der Waals surface area contributed by atoms with E-state index in [0.717, 1.165) is 18.5 Å². The van der Waals surface area contributed by atoms with E-state index in [1.807, 2.05) is 31.2 Å². The molecule has 6 nitrogen and oxygen atoms in total. The maximum absolute atomic E-state index is 11.9. The molecule has 0 saturated heterocycles. The number of benzene rings is 1. The number of urea groups is 1. The Balaban J connectivity index is 1.94. The van der Waals surface area contributed by atoms with Crippen LogP contribution >= 0.6 is 0 Å². The molecule has 0 heterocycles. The summed E-state index contributed by atoms with van der Waals surface area (Å²) in [6.45, 7) is 4.73. The molecule has 0 unspecified atom stereocenters. The van der Waals surface area contributed by atoms with Crippen molar-refractivity contribution in [1.82, 2.24) is 10.6 Å². The summed E-state index contributed by atoms with van der Waals surface area (Å²) in [5.74, 6) is 0.583. The molecular weight excluding hydrogens is 282 g/mol. The van der Waals surface area contributed by atoms with Crippen LogP contribution in [-0.4, -0.2) is 37.7 Å². The highest BCUT2D eigenvalue weighted by molar-refractivity contribution is 5.93. The van der Waals surface area contributed by atoms with Crippen LogP contribution in [0.5, 0.6) is 5.75 Å². The lowest BCUT2D eigenvalue weighted by atomic mass is 10.2. The fourth-order valence-corrected chi connectivity index (χ4v) is 2.15. The molecule has 22 heavy (non-hydrogen) atoms. The third-order valence-corrected chi connectivity index (χ3v) is 3.37. The second-order valence-corrected chi connectivity index (χ2v) is 5.25. The molecule has 3 amide bonds. The molecule has 1 fully saturated rings. The number of anilines is 1. The third-order valence-electron chi connectivity index (χ3n) is 3.37. The molecule has 120 valence electrons. The van der Waals surface area contributed by atoms with E-state index in [1.165, 1.54) is 6.92 Å². The zero-order valence-electron chi connectivity index (χ0n) is 13.1. The van der Waals surface area contributed by atoms with Gasteiger partial charge in [-0.3, -0.25) is 4.79 Å². The second kappa shape index (κ2) is 7.68. The first kappa shape index (κ1) is 16.1. The summed E-state index contributed by atoms with van der Waals surface area (Å²) in [7, 11) is 0. The molecule has 0 atom stereocenters. The Labute approximate surface area is 130 Å². The molecule has 0 radical (unpaired) electrons. The van der Waals surface area contributed by atoms with Gasteiger partial charge >= 0.3 is 6.03 Å². The van der Waals surface area contributed by atoms with Crippen LogP contribution in [0.2, 0.25) is 0 Å². The van der Waals surface area contributed by atoms with Crippen molar-refractivity contribution in [2.24, 2.45) is 0 Å². The number of amides is 3. The van der Waals surface area contributed by atoms with Crippen molar-refractivity contribution in [2.45, 2.75) is 32.7 Å². The maximum atomic E-state index is 11.9. The molecule has 0 aliphatic heterocycles. The van der Waals surface area contributed by atoms with Crippen LogP contribution in [0.4, 0.5) is 10.5 Å². The van der Waals surface area contributed by atoms with Gasteiger partial charge in [-0.2, -0.15) is 0 Å². The van der Waals surface area contributed by atoms with Gasteiger partial charge in [-0.05, 0) is 31.9 Å². The van der Waals surface area contributed by atoms with Gasteiger partial charge in [0.15, 0.2) is 0 Å². The van der Waals surface area contributed by atoms with E-state index >= 15 is 0 Å².